The normalized spacial score (nSPS) is 13.9. The minimum atomic E-state index is -0.295. The summed E-state index contributed by atoms with van der Waals surface area (Å²) in [6.07, 6.45) is 11.6. The molecule has 3 aliphatic heterocycles. The summed E-state index contributed by atoms with van der Waals surface area (Å²) in [5.41, 5.74) is 16.8. The average molecular weight is 1950 g/mol. The van der Waals surface area contributed by atoms with Crippen molar-refractivity contribution >= 4 is 104 Å². The molecule has 33 heteroatoms. The Morgan fingerprint density at radius 3 is 1.28 bits per heavy atom. The standard InChI is InChI=1S/C29H36N6OS.C28H32N8O.C28H30N6O.C26H28FN7O/c1-29(2,3)19-34-26-24(27(37)33(5)28(34)36)25(30-22-10-7-6-8-11-22)35(31-26)18-20-13-15-21(16-14-20)23-12-9-17-32(23)4;1-5-29-25-24-26(31-22-10-7-6-8-11-22)36(32-27(24)34(18-20(2)3)28(37)33(25)4)19-21-12-14-23(15-13-21)35-17-9-16-30-35;1-20(2)17-33-27-24(19-32(3)28(33)35)26(30-23-9-5-4-6-10-23)34(31-27)18-21-12-14-22(15-13-21)25-11-7-8-16-29-25;1-18(2)15-32-25-23(17-31(3)26(32)35)24(29-21-9-7-20(27)8-10-21)34(30-25)16-19-5-11-22(12-6-19)33-14-4-13-28-33/h6-8,10-11,13-16,23,30H,9,12,17-19H2,1-5H3;6-17,20,31H,5,18-19H2,1-4H3;4-16,20,30H,17-19H2,1-3H3;4-14,18,29H,15-17H2,1-3H3. The Morgan fingerprint density at radius 2 is 0.868 bits per heavy atom. The van der Waals surface area contributed by atoms with E-state index < -0.39 is 0 Å². The molecule has 20 rings (SSSR count). The Bertz CT molecular complexity index is 7560. The molecule has 4 N–H and O–H groups in total. The number of carbonyl (C=O) groups is 2. The molecule has 0 bridgehead atoms. The van der Waals surface area contributed by atoms with Gasteiger partial charge in [-0.3, -0.25) is 42.9 Å². The number of fused-ring (bicyclic) bond motifs is 4. The maximum Gasteiger partial charge on any atom is 0.331 e. The molecule has 144 heavy (non-hydrogen) atoms. The zero-order chi connectivity index (χ0) is 101. The van der Waals surface area contributed by atoms with Crippen LogP contribution in [0.25, 0.3) is 44.7 Å². The number of pyridine rings is 1. The van der Waals surface area contributed by atoms with E-state index in [1.54, 1.807) is 89.7 Å². The maximum atomic E-state index is 13.5. The number of para-hydroxylation sites is 3. The van der Waals surface area contributed by atoms with E-state index in [0.717, 1.165) is 125 Å². The van der Waals surface area contributed by atoms with Crippen LogP contribution in [0.2, 0.25) is 0 Å². The predicted octanol–water partition coefficient (Wildman–Crippen LogP) is 20.8. The molecule has 9 aromatic heterocycles. The van der Waals surface area contributed by atoms with E-state index >= 15 is 0 Å². The molecular weight excluding hydrogens is 1830 g/mol. The lowest BCUT2D eigenvalue weighted by Crippen LogP contribution is -2.46. The second-order valence-electron chi connectivity index (χ2n) is 39.4. The summed E-state index contributed by atoms with van der Waals surface area (Å²) in [7, 11) is 9.37. The van der Waals surface area contributed by atoms with Gasteiger partial charge in [-0.05, 0) is 194 Å². The fourth-order valence-corrected chi connectivity index (χ4v) is 18.6. The first-order valence-electron chi connectivity index (χ1n) is 49.1. The topological polar surface area (TPSA) is 284 Å². The maximum absolute atomic E-state index is 13.5. The van der Waals surface area contributed by atoms with Crippen LogP contribution in [0.1, 0.15) is 127 Å². The average Bonchev–Trinajstić information content (AvgIpc) is 1.58. The number of hydrogen-bond acceptors (Lipinski definition) is 18. The molecule has 12 heterocycles. The highest BCUT2D eigenvalue weighted by atomic mass is 32.1. The summed E-state index contributed by atoms with van der Waals surface area (Å²) >= 11 is 5.81. The summed E-state index contributed by atoms with van der Waals surface area (Å²) in [5, 5.41) is 44.2. The zero-order valence-corrected chi connectivity index (χ0v) is 85.2. The van der Waals surface area contributed by atoms with Crippen molar-refractivity contribution in [2.75, 3.05) is 78.4 Å². The molecule has 3 aliphatic rings. The third-order valence-corrected chi connectivity index (χ3v) is 25.8. The Morgan fingerprint density at radius 1 is 0.451 bits per heavy atom. The van der Waals surface area contributed by atoms with Crippen molar-refractivity contribution in [2.45, 2.75) is 140 Å². The van der Waals surface area contributed by atoms with Gasteiger partial charge in [0.2, 0.25) is 0 Å². The van der Waals surface area contributed by atoms with Crippen LogP contribution in [0.5, 0.6) is 0 Å². The number of hydrogen-bond donors (Lipinski definition) is 4. The highest BCUT2D eigenvalue weighted by Gasteiger charge is 2.38. The Kier molecular flexibility index (Phi) is 30.5. The van der Waals surface area contributed by atoms with Crippen molar-refractivity contribution < 1.29 is 14.0 Å². The largest absolute Gasteiger partial charge is 0.340 e. The molecule has 8 aromatic carbocycles. The van der Waals surface area contributed by atoms with Gasteiger partial charge < -0.3 is 31.1 Å². The first-order chi connectivity index (χ1) is 69.5. The fourth-order valence-electron chi connectivity index (χ4n) is 18.3. The van der Waals surface area contributed by atoms with E-state index in [2.05, 4.69) is 171 Å². The van der Waals surface area contributed by atoms with Crippen LogP contribution >= 0.6 is 12.2 Å². The van der Waals surface area contributed by atoms with Crippen LogP contribution < -0.4 is 47.9 Å². The molecule has 0 aliphatic carbocycles. The Balaban J connectivity index is 0.000000132. The first-order valence-corrected chi connectivity index (χ1v) is 49.5. The molecule has 0 saturated carbocycles. The van der Waals surface area contributed by atoms with Crippen molar-refractivity contribution in [2.24, 2.45) is 42.3 Å². The van der Waals surface area contributed by atoms with Crippen molar-refractivity contribution in [1.29, 1.82) is 0 Å². The smallest absolute Gasteiger partial charge is 0.331 e. The highest BCUT2D eigenvalue weighted by Crippen LogP contribution is 2.40. The number of benzene rings is 8. The van der Waals surface area contributed by atoms with Gasteiger partial charge >= 0.3 is 23.4 Å². The van der Waals surface area contributed by atoms with E-state index in [1.165, 1.54) is 30.5 Å². The summed E-state index contributed by atoms with van der Waals surface area (Å²) in [6, 6.07) is 80.1. The van der Waals surface area contributed by atoms with E-state index in [1.807, 2.05) is 212 Å². The van der Waals surface area contributed by atoms with Gasteiger partial charge in [0.1, 0.15) is 44.6 Å². The number of aromatic nitrogens is 17. The lowest BCUT2D eigenvalue weighted by molar-refractivity contribution is 0.208. The molecule has 1 fully saturated rings. The quantitative estimate of drug-likeness (QED) is 0.0332. The summed E-state index contributed by atoms with van der Waals surface area (Å²) in [4.78, 5) is 71.3. The second-order valence-corrected chi connectivity index (χ2v) is 39.8. The van der Waals surface area contributed by atoms with Gasteiger partial charge in [-0.1, -0.05) is 208 Å². The van der Waals surface area contributed by atoms with Crippen molar-refractivity contribution in [3.05, 3.63) is 349 Å². The van der Waals surface area contributed by atoms with Crippen LogP contribution in [-0.2, 0) is 66.5 Å². The van der Waals surface area contributed by atoms with Crippen LogP contribution in [0, 0.1) is 33.6 Å². The van der Waals surface area contributed by atoms with E-state index in [-0.39, 0.29) is 46.5 Å². The molecule has 0 spiro atoms. The Labute approximate surface area is 842 Å². The molecule has 17 aromatic rings. The van der Waals surface area contributed by atoms with Gasteiger partial charge in [0.05, 0.1) is 72.9 Å². The first kappa shape index (κ1) is 99.7. The number of rotatable bonds is 28. The van der Waals surface area contributed by atoms with Crippen LogP contribution in [-0.4, -0.2) is 156 Å². The molecule has 0 radical (unpaired) electrons. The molecule has 1 atom stereocenters. The van der Waals surface area contributed by atoms with E-state index in [4.69, 9.17) is 37.6 Å². The molecule has 4 amide bonds. The number of anilines is 10. The molecular formula is C111H126FN27O4S. The molecule has 742 valence electrons. The number of nitrogens with one attached hydrogen (secondary N) is 4. The third kappa shape index (κ3) is 22.8. The molecule has 1 unspecified atom stereocenters. The lowest BCUT2D eigenvalue weighted by atomic mass is 9.97. The van der Waals surface area contributed by atoms with Gasteiger partial charge in [0.15, 0.2) is 22.9 Å². The van der Waals surface area contributed by atoms with Gasteiger partial charge in [-0.15, -0.1) is 0 Å². The van der Waals surface area contributed by atoms with Gasteiger partial charge in [0, 0.05) is 126 Å². The number of nitrogens with zero attached hydrogens (tertiary/aromatic N) is 23. The third-order valence-electron chi connectivity index (χ3n) is 25.3. The molecule has 1 saturated heterocycles. The van der Waals surface area contributed by atoms with Gasteiger partial charge in [-0.25, -0.2) is 51.7 Å². The predicted molar refractivity (Wildman–Crippen MR) is 573 cm³/mol. The number of carbonyl (C=O) groups excluding carboxylic acids is 2. The molecule has 31 nitrogen and oxygen atoms in total. The second kappa shape index (κ2) is 44.1. The minimum Gasteiger partial charge on any atom is -0.340 e. The minimum absolute atomic E-state index is 0.0122. The van der Waals surface area contributed by atoms with Crippen molar-refractivity contribution in [3.63, 3.8) is 0 Å². The lowest BCUT2D eigenvalue weighted by Gasteiger charge is -2.33. The van der Waals surface area contributed by atoms with Crippen molar-refractivity contribution in [3.8, 4) is 22.6 Å². The Hall–Kier alpha value is -15.9. The fraction of sp³-hybridized carbons (Fsp3) is 0.306. The number of urea groups is 2. The zero-order valence-electron chi connectivity index (χ0n) is 84.4. The van der Waals surface area contributed by atoms with E-state index in [0.29, 0.717) is 111 Å². The highest BCUT2D eigenvalue weighted by molar-refractivity contribution is 7.71. The van der Waals surface area contributed by atoms with E-state index in [9.17, 15) is 23.6 Å². The van der Waals surface area contributed by atoms with Crippen LogP contribution in [0.3, 0.4) is 0 Å². The van der Waals surface area contributed by atoms with Crippen LogP contribution in [0.15, 0.2) is 288 Å². The number of likely N-dealkylation sites (tertiary alicyclic amines) is 1. The van der Waals surface area contributed by atoms with Gasteiger partial charge in [-0.2, -0.15) is 30.6 Å². The monoisotopic (exact) mass is 1950 g/mol. The number of amides is 4. The van der Waals surface area contributed by atoms with Crippen molar-refractivity contribution in [1.82, 2.24) is 96.6 Å². The summed E-state index contributed by atoms with van der Waals surface area (Å²) in [6.45, 7) is 28.1. The number of halogens is 1. The summed E-state index contributed by atoms with van der Waals surface area (Å²) < 4.78 is 32.1. The summed E-state index contributed by atoms with van der Waals surface area (Å²) in [5.74, 6) is 5.30. The SMILES string of the molecule is CC(C)CN1C(=O)N(C)Cc2c1nn(Cc1ccc(-c3ccccn3)cc1)c2Nc1ccccc1.CC(C)CN1C(=O)N(C)Cc2c1nn(Cc1ccc(-n3cccn3)cc1)c2Nc1ccc(F)cc1.CCN=c1c2c(Nc3ccccc3)n(Cc3ccc(-n4cccn4)cc3)nc2n(CC(C)C)c(=O)n1C.CN1CCCC1c1ccc(Cn2nc3c(c2Nc2ccccc2)c(=S)n(C)c(=O)n3CC(C)(C)C)cc1. The van der Waals surface area contributed by atoms with Gasteiger partial charge in [0.25, 0.3) is 0 Å². The van der Waals surface area contributed by atoms with Crippen LogP contribution in [0.4, 0.5) is 71.6 Å².